The summed E-state index contributed by atoms with van der Waals surface area (Å²) in [6, 6.07) is 5.12. The van der Waals surface area contributed by atoms with Crippen molar-refractivity contribution < 1.29 is 4.79 Å². The molecule has 0 saturated carbocycles. The lowest BCUT2D eigenvalue weighted by molar-refractivity contribution is 0.0942. The molecule has 1 N–H and O–H groups in total. The van der Waals surface area contributed by atoms with E-state index in [4.69, 9.17) is 0 Å². The molecule has 26 heavy (non-hydrogen) atoms. The van der Waals surface area contributed by atoms with Crippen molar-refractivity contribution in [2.24, 2.45) is 13.0 Å². The van der Waals surface area contributed by atoms with Crippen LogP contribution in [0.5, 0.6) is 0 Å². The van der Waals surface area contributed by atoms with Gasteiger partial charge in [-0.1, -0.05) is 13.8 Å². The Balaban J connectivity index is 1.75. The molecule has 7 nitrogen and oxygen atoms in total. The van der Waals surface area contributed by atoms with Gasteiger partial charge in [0.2, 0.25) is 0 Å². The number of nitrogens with one attached hydrogen (secondary N) is 1. The van der Waals surface area contributed by atoms with Crippen LogP contribution in [0.3, 0.4) is 0 Å². The number of carbonyl (C=O) groups is 1. The maximum Gasteiger partial charge on any atom is 0.268 e. The highest BCUT2D eigenvalue weighted by atomic mass is 16.2. The average Bonchev–Trinajstić information content (AvgIpc) is 2.89. The summed E-state index contributed by atoms with van der Waals surface area (Å²) in [5, 5.41) is 2.85. The molecular weight excluding hydrogens is 330 g/mol. The fraction of sp³-hybridized carbons (Fsp3) is 0.526. The van der Waals surface area contributed by atoms with Gasteiger partial charge >= 0.3 is 0 Å². The maximum atomic E-state index is 12.5. The molecule has 2 aromatic rings. The smallest absolute Gasteiger partial charge is 0.268 e. The van der Waals surface area contributed by atoms with E-state index >= 15 is 0 Å². The monoisotopic (exact) mass is 357 g/mol. The third-order valence-electron chi connectivity index (χ3n) is 4.59. The largest absolute Gasteiger partial charge is 0.347 e. The van der Waals surface area contributed by atoms with Crippen LogP contribution in [0.1, 0.15) is 42.3 Å². The lowest BCUT2D eigenvalue weighted by atomic mass is 10.2. The highest BCUT2D eigenvalue weighted by Gasteiger charge is 2.18. The molecule has 0 radical (unpaired) electrons. The van der Waals surface area contributed by atoms with Gasteiger partial charge in [0.1, 0.15) is 11.5 Å². The Labute approximate surface area is 153 Å². The van der Waals surface area contributed by atoms with Crippen molar-refractivity contribution in [2.75, 3.05) is 13.1 Å². The second kappa shape index (κ2) is 7.86. The van der Waals surface area contributed by atoms with Gasteiger partial charge in [-0.3, -0.25) is 19.1 Å². The van der Waals surface area contributed by atoms with E-state index in [1.54, 1.807) is 15.2 Å². The van der Waals surface area contributed by atoms with Gasteiger partial charge in [-0.05, 0) is 24.5 Å². The van der Waals surface area contributed by atoms with E-state index < -0.39 is 0 Å². The predicted molar refractivity (Wildman–Crippen MR) is 99.8 cm³/mol. The number of hydrogen-bond acceptors (Lipinski definition) is 4. The Morgan fingerprint density at radius 1 is 1.35 bits per heavy atom. The first-order chi connectivity index (χ1) is 12.4. The van der Waals surface area contributed by atoms with Crippen LogP contribution in [-0.2, 0) is 26.7 Å². The lowest BCUT2D eigenvalue weighted by Crippen LogP contribution is -2.31. The molecule has 1 aliphatic rings. The molecule has 0 saturated heterocycles. The minimum atomic E-state index is -0.171. The standard InChI is InChI=1S/C19H27N5O2/c1-14(2)12-23-8-5-9-24-17(13-23)21-15(10-18(24)25)11-20-19(26)16-6-4-7-22(16)3/h4,6-7,10,14H,5,8-9,11-13H2,1-3H3,(H,20,26). The van der Waals surface area contributed by atoms with Crippen molar-refractivity contribution in [3.8, 4) is 0 Å². The summed E-state index contributed by atoms with van der Waals surface area (Å²) in [5.41, 5.74) is 1.15. The van der Waals surface area contributed by atoms with Crippen molar-refractivity contribution in [1.82, 2.24) is 24.3 Å². The first kappa shape index (κ1) is 18.4. The van der Waals surface area contributed by atoms with E-state index in [1.165, 1.54) is 6.07 Å². The molecule has 0 bridgehead atoms. The summed E-state index contributed by atoms with van der Waals surface area (Å²) in [5.74, 6) is 1.19. The minimum absolute atomic E-state index is 0.0375. The second-order valence-corrected chi connectivity index (χ2v) is 7.32. The molecule has 2 aromatic heterocycles. The Morgan fingerprint density at radius 2 is 2.15 bits per heavy atom. The van der Waals surface area contributed by atoms with Gasteiger partial charge in [0.15, 0.2) is 0 Å². The molecule has 0 aromatic carbocycles. The number of aryl methyl sites for hydroxylation is 1. The second-order valence-electron chi connectivity index (χ2n) is 7.32. The normalized spacial score (nSPS) is 14.9. The van der Waals surface area contributed by atoms with Crippen LogP contribution in [0, 0.1) is 5.92 Å². The lowest BCUT2D eigenvalue weighted by Gasteiger charge is -2.21. The van der Waals surface area contributed by atoms with Crippen LogP contribution < -0.4 is 10.9 Å². The zero-order valence-electron chi connectivity index (χ0n) is 15.7. The summed E-state index contributed by atoms with van der Waals surface area (Å²) >= 11 is 0. The van der Waals surface area contributed by atoms with Crippen LogP contribution in [-0.4, -0.2) is 38.0 Å². The average molecular weight is 357 g/mol. The molecule has 140 valence electrons. The van der Waals surface area contributed by atoms with Crippen molar-refractivity contribution in [3.05, 3.63) is 52.0 Å². The van der Waals surface area contributed by atoms with Gasteiger partial charge in [0.25, 0.3) is 11.5 Å². The number of nitrogens with zero attached hydrogens (tertiary/aromatic N) is 4. The van der Waals surface area contributed by atoms with Gasteiger partial charge in [0.05, 0.1) is 18.8 Å². The van der Waals surface area contributed by atoms with Crippen molar-refractivity contribution in [1.29, 1.82) is 0 Å². The van der Waals surface area contributed by atoms with Gasteiger partial charge in [-0.15, -0.1) is 0 Å². The molecule has 0 atom stereocenters. The molecular formula is C19H27N5O2. The first-order valence-electron chi connectivity index (χ1n) is 9.15. The quantitative estimate of drug-likeness (QED) is 0.877. The van der Waals surface area contributed by atoms with E-state index in [-0.39, 0.29) is 18.0 Å². The highest BCUT2D eigenvalue weighted by molar-refractivity contribution is 5.92. The van der Waals surface area contributed by atoms with Crippen LogP contribution in [0.25, 0.3) is 0 Å². The number of fused-ring (bicyclic) bond motifs is 1. The number of hydrogen-bond donors (Lipinski definition) is 1. The third kappa shape index (κ3) is 4.22. The number of aromatic nitrogens is 3. The van der Waals surface area contributed by atoms with Crippen LogP contribution in [0.4, 0.5) is 0 Å². The maximum absolute atomic E-state index is 12.5. The molecule has 0 unspecified atom stereocenters. The van der Waals surface area contributed by atoms with Crippen LogP contribution in [0.15, 0.2) is 29.2 Å². The summed E-state index contributed by atoms with van der Waals surface area (Å²) < 4.78 is 3.53. The Morgan fingerprint density at radius 3 is 2.85 bits per heavy atom. The van der Waals surface area contributed by atoms with Gasteiger partial charge < -0.3 is 9.88 Å². The highest BCUT2D eigenvalue weighted by Crippen LogP contribution is 2.11. The van der Waals surface area contributed by atoms with E-state index in [2.05, 4.69) is 29.0 Å². The molecule has 0 spiro atoms. The molecule has 0 fully saturated rings. The number of rotatable bonds is 5. The predicted octanol–water partition coefficient (Wildman–Crippen LogP) is 1.37. The molecule has 7 heteroatoms. The topological polar surface area (TPSA) is 72.2 Å². The van der Waals surface area contributed by atoms with Crippen LogP contribution in [0.2, 0.25) is 0 Å². The zero-order chi connectivity index (χ0) is 18.7. The molecule has 3 heterocycles. The third-order valence-corrected chi connectivity index (χ3v) is 4.59. The Bertz CT molecular complexity index is 837. The van der Waals surface area contributed by atoms with E-state index in [0.29, 0.717) is 30.4 Å². The molecule has 0 aliphatic carbocycles. The number of carbonyl (C=O) groups excluding carboxylic acids is 1. The molecule has 1 aliphatic heterocycles. The fourth-order valence-electron chi connectivity index (χ4n) is 3.42. The summed E-state index contributed by atoms with van der Waals surface area (Å²) in [4.78, 5) is 31.7. The first-order valence-corrected chi connectivity index (χ1v) is 9.15. The zero-order valence-corrected chi connectivity index (χ0v) is 15.7. The molecule has 1 amide bonds. The summed E-state index contributed by atoms with van der Waals surface area (Å²) in [7, 11) is 1.82. The van der Waals surface area contributed by atoms with Gasteiger partial charge in [-0.2, -0.15) is 0 Å². The Kier molecular flexibility index (Phi) is 5.56. The van der Waals surface area contributed by atoms with Gasteiger partial charge in [-0.25, -0.2) is 4.98 Å². The van der Waals surface area contributed by atoms with Crippen molar-refractivity contribution in [3.63, 3.8) is 0 Å². The SMILES string of the molecule is CC(C)CN1CCCn2c(nc(CNC(=O)c3cccn3C)cc2=O)C1. The fourth-order valence-corrected chi connectivity index (χ4v) is 3.42. The van der Waals surface area contributed by atoms with E-state index in [1.807, 2.05) is 19.3 Å². The summed E-state index contributed by atoms with van der Waals surface area (Å²) in [6.45, 7) is 7.97. The van der Waals surface area contributed by atoms with Crippen LogP contribution >= 0.6 is 0 Å². The van der Waals surface area contributed by atoms with E-state index in [0.717, 1.165) is 25.3 Å². The van der Waals surface area contributed by atoms with Crippen molar-refractivity contribution >= 4 is 5.91 Å². The molecule has 3 rings (SSSR count). The number of amides is 1. The summed E-state index contributed by atoms with van der Waals surface area (Å²) in [6.07, 6.45) is 2.77. The Hall–Kier alpha value is -2.41. The minimum Gasteiger partial charge on any atom is -0.347 e. The van der Waals surface area contributed by atoms with Crippen molar-refractivity contribution in [2.45, 2.75) is 39.9 Å². The van der Waals surface area contributed by atoms with Gasteiger partial charge in [0, 0.05) is 38.9 Å². The van der Waals surface area contributed by atoms with E-state index in [9.17, 15) is 9.59 Å².